The Labute approximate surface area is 132 Å². The molecule has 2 N–H and O–H groups in total. The third-order valence-electron chi connectivity index (χ3n) is 2.38. The van der Waals surface area contributed by atoms with Crippen LogP contribution in [0.5, 0.6) is 0 Å². The smallest absolute Gasteiger partial charge is 0.374 e. The van der Waals surface area contributed by atoms with Gasteiger partial charge in [0.05, 0.1) is 15.4 Å². The van der Waals surface area contributed by atoms with Gasteiger partial charge in [-0.05, 0) is 11.8 Å². The molecule has 14 heteroatoms. The van der Waals surface area contributed by atoms with E-state index in [2.05, 4.69) is 10.2 Å². The first-order valence-electron chi connectivity index (χ1n) is 5.40. The Morgan fingerprint density at radius 2 is 1.65 bits per heavy atom. The van der Waals surface area contributed by atoms with Crippen LogP contribution in [-0.2, 0) is 6.18 Å². The van der Waals surface area contributed by atoms with Gasteiger partial charge in [0, 0.05) is 12.1 Å². The average Bonchev–Trinajstić information content (AvgIpc) is 2.82. The van der Waals surface area contributed by atoms with Crippen molar-refractivity contribution in [1.29, 1.82) is 0 Å². The van der Waals surface area contributed by atoms with Crippen molar-refractivity contribution in [3.8, 4) is 0 Å². The third-order valence-corrected chi connectivity index (χ3v) is 4.31. The molecule has 0 fully saturated rings. The molecule has 0 atom stereocenters. The van der Waals surface area contributed by atoms with Crippen molar-refractivity contribution in [1.82, 2.24) is 10.2 Å². The minimum Gasteiger partial charge on any atom is -0.374 e. The molecule has 0 saturated carbocycles. The van der Waals surface area contributed by atoms with Crippen LogP contribution in [0.3, 0.4) is 0 Å². The maximum Gasteiger partial charge on any atom is 0.416 e. The number of hydrogen-bond acceptors (Lipinski definition) is 9. The number of nitro groups is 2. The minimum atomic E-state index is -4.97. The number of hydrogen-bond donors (Lipinski definition) is 1. The quantitative estimate of drug-likeness (QED) is 0.642. The zero-order chi connectivity index (χ0) is 17.4. The van der Waals surface area contributed by atoms with E-state index in [1.54, 1.807) is 0 Å². The van der Waals surface area contributed by atoms with Crippen molar-refractivity contribution in [3.05, 3.63) is 37.9 Å². The summed E-state index contributed by atoms with van der Waals surface area (Å²) in [7, 11) is 0. The van der Waals surface area contributed by atoms with E-state index in [-0.39, 0.29) is 21.6 Å². The molecule has 0 saturated heterocycles. The molecule has 0 aliphatic rings. The van der Waals surface area contributed by atoms with Crippen LogP contribution in [-0.4, -0.2) is 20.0 Å². The zero-order valence-corrected chi connectivity index (χ0v) is 12.2. The van der Waals surface area contributed by atoms with Crippen LogP contribution in [0, 0.1) is 20.2 Å². The summed E-state index contributed by atoms with van der Waals surface area (Å²) in [5.74, 6) is 0. The van der Waals surface area contributed by atoms with Crippen LogP contribution >= 0.6 is 23.1 Å². The number of rotatable bonds is 4. The Morgan fingerprint density at radius 1 is 1.13 bits per heavy atom. The van der Waals surface area contributed by atoms with E-state index in [0.717, 1.165) is 11.3 Å². The highest BCUT2D eigenvalue weighted by Crippen LogP contribution is 2.45. The highest BCUT2D eigenvalue weighted by atomic mass is 32.2. The summed E-state index contributed by atoms with van der Waals surface area (Å²) in [4.78, 5) is 19.2. The number of halogens is 3. The Balaban J connectivity index is 2.67. The molecule has 0 radical (unpaired) electrons. The first-order valence-corrected chi connectivity index (χ1v) is 7.03. The lowest BCUT2D eigenvalue weighted by Crippen LogP contribution is -2.08. The lowest BCUT2D eigenvalue weighted by Gasteiger charge is -2.08. The van der Waals surface area contributed by atoms with Crippen LogP contribution < -0.4 is 5.73 Å². The maximum absolute atomic E-state index is 12.7. The first kappa shape index (κ1) is 16.9. The number of aromatic nitrogens is 2. The van der Waals surface area contributed by atoms with Crippen molar-refractivity contribution in [3.63, 3.8) is 0 Å². The van der Waals surface area contributed by atoms with Gasteiger partial charge in [-0.15, -0.1) is 10.2 Å². The minimum absolute atomic E-state index is 0.00437. The van der Waals surface area contributed by atoms with Crippen LogP contribution in [0.1, 0.15) is 5.56 Å². The van der Waals surface area contributed by atoms with Gasteiger partial charge in [-0.25, -0.2) is 0 Å². The third kappa shape index (κ3) is 3.65. The standard InChI is InChI=1S/C9H4F3N5O4S2/c10-9(11,12)3-1-4(16(18)19)6(5(2-3)17(20)21)22-8-15-14-7(13)23-8/h1-2H,(H2,13,14). The molecular formula is C9H4F3N5O4S2. The van der Waals surface area contributed by atoms with E-state index >= 15 is 0 Å². The molecule has 23 heavy (non-hydrogen) atoms. The number of nitrogens with zero attached hydrogens (tertiary/aromatic N) is 4. The van der Waals surface area contributed by atoms with Gasteiger partial charge in [0.1, 0.15) is 0 Å². The number of benzene rings is 1. The Kier molecular flexibility index (Phi) is 4.37. The molecule has 2 aromatic rings. The molecule has 0 amide bonds. The van der Waals surface area contributed by atoms with Gasteiger partial charge < -0.3 is 5.73 Å². The number of nitrogens with two attached hydrogens (primary N) is 1. The van der Waals surface area contributed by atoms with Crippen LogP contribution in [0.2, 0.25) is 0 Å². The summed E-state index contributed by atoms with van der Waals surface area (Å²) >= 11 is 1.24. The number of anilines is 1. The number of nitrogen functional groups attached to an aromatic ring is 1. The lowest BCUT2D eigenvalue weighted by atomic mass is 10.1. The highest BCUT2D eigenvalue weighted by Gasteiger charge is 2.38. The molecule has 1 aromatic heterocycles. The molecule has 2 rings (SSSR count). The summed E-state index contributed by atoms with van der Waals surface area (Å²) in [5.41, 5.74) is 1.73. The summed E-state index contributed by atoms with van der Waals surface area (Å²) < 4.78 is 38.3. The molecule has 122 valence electrons. The summed E-state index contributed by atoms with van der Waals surface area (Å²) in [6.45, 7) is 0. The van der Waals surface area contributed by atoms with Gasteiger partial charge in [-0.1, -0.05) is 11.3 Å². The molecule has 0 aliphatic carbocycles. The predicted octanol–water partition coefficient (Wildman–Crippen LogP) is 3.11. The number of alkyl halides is 3. The monoisotopic (exact) mass is 367 g/mol. The fraction of sp³-hybridized carbons (Fsp3) is 0.111. The second-order valence-corrected chi connectivity index (χ2v) is 6.13. The summed E-state index contributed by atoms with van der Waals surface area (Å²) in [6, 6.07) is 0.472. The maximum atomic E-state index is 12.7. The fourth-order valence-corrected chi connectivity index (χ4v) is 3.23. The van der Waals surface area contributed by atoms with Gasteiger partial charge in [-0.2, -0.15) is 13.2 Å². The SMILES string of the molecule is Nc1nnc(Sc2c([N+](=O)[O-])cc(C(F)(F)F)cc2[N+](=O)[O-])s1. The lowest BCUT2D eigenvalue weighted by molar-refractivity contribution is -0.400. The van der Waals surface area contributed by atoms with Crippen LogP contribution in [0.25, 0.3) is 0 Å². The average molecular weight is 367 g/mol. The Bertz CT molecular complexity index is 759. The van der Waals surface area contributed by atoms with Crippen molar-refractivity contribution < 1.29 is 23.0 Å². The van der Waals surface area contributed by atoms with Gasteiger partial charge in [0.15, 0.2) is 9.24 Å². The van der Waals surface area contributed by atoms with Crippen molar-refractivity contribution in [2.24, 2.45) is 0 Å². The molecule has 0 aliphatic heterocycles. The molecule has 1 heterocycles. The second-order valence-electron chi connectivity index (χ2n) is 3.86. The first-order chi connectivity index (χ1) is 10.6. The normalized spacial score (nSPS) is 11.4. The molecule has 0 bridgehead atoms. The zero-order valence-electron chi connectivity index (χ0n) is 10.6. The van der Waals surface area contributed by atoms with E-state index in [4.69, 9.17) is 5.73 Å². The van der Waals surface area contributed by atoms with E-state index in [9.17, 15) is 33.4 Å². The highest BCUT2D eigenvalue weighted by molar-refractivity contribution is 8.01. The van der Waals surface area contributed by atoms with Crippen molar-refractivity contribution in [2.45, 2.75) is 15.4 Å². The number of nitro benzene ring substituents is 2. The summed E-state index contributed by atoms with van der Waals surface area (Å²) in [6.07, 6.45) is -4.97. The van der Waals surface area contributed by atoms with E-state index in [0.29, 0.717) is 11.8 Å². The van der Waals surface area contributed by atoms with Gasteiger partial charge in [0.2, 0.25) is 5.13 Å². The van der Waals surface area contributed by atoms with Crippen LogP contribution in [0.4, 0.5) is 29.7 Å². The van der Waals surface area contributed by atoms with Gasteiger partial charge in [0.25, 0.3) is 11.4 Å². The second kappa shape index (κ2) is 5.96. The largest absolute Gasteiger partial charge is 0.416 e. The molecule has 1 aromatic carbocycles. The van der Waals surface area contributed by atoms with Gasteiger partial charge in [-0.3, -0.25) is 20.2 Å². The van der Waals surface area contributed by atoms with E-state index in [1.165, 1.54) is 0 Å². The van der Waals surface area contributed by atoms with Crippen LogP contribution in [0.15, 0.2) is 21.4 Å². The van der Waals surface area contributed by atoms with E-state index in [1.807, 2.05) is 0 Å². The molecular weight excluding hydrogens is 363 g/mol. The topological polar surface area (TPSA) is 138 Å². The fourth-order valence-electron chi connectivity index (χ4n) is 1.49. The molecule has 9 nitrogen and oxygen atoms in total. The predicted molar refractivity (Wildman–Crippen MR) is 73.2 cm³/mol. The molecule has 0 spiro atoms. The molecule has 0 unspecified atom stereocenters. The Hall–Kier alpha value is -2.48. The Morgan fingerprint density at radius 3 is 2.00 bits per heavy atom. The van der Waals surface area contributed by atoms with Gasteiger partial charge >= 0.3 is 6.18 Å². The van der Waals surface area contributed by atoms with Crippen molar-refractivity contribution >= 4 is 39.6 Å². The summed E-state index contributed by atoms with van der Waals surface area (Å²) in [5, 5.41) is 29.0. The van der Waals surface area contributed by atoms with Crippen molar-refractivity contribution in [2.75, 3.05) is 5.73 Å². The van der Waals surface area contributed by atoms with E-state index < -0.39 is 37.9 Å².